The fourth-order valence-corrected chi connectivity index (χ4v) is 3.41. The van der Waals surface area contributed by atoms with Crippen molar-refractivity contribution in [1.82, 2.24) is 20.2 Å². The van der Waals surface area contributed by atoms with Crippen molar-refractivity contribution in [3.8, 4) is 17.1 Å². The first-order chi connectivity index (χ1) is 14.6. The van der Waals surface area contributed by atoms with Gasteiger partial charge in [0.2, 0.25) is 5.82 Å². The van der Waals surface area contributed by atoms with E-state index < -0.39 is 0 Å². The number of Topliss-reactive ketones (excluding diaryl/α,β-unsaturated/α-hetero) is 1. The van der Waals surface area contributed by atoms with Crippen LogP contribution in [0.3, 0.4) is 0 Å². The Bertz CT molecular complexity index is 1170. The number of carbonyl (C=O) groups is 2. The molecule has 0 aliphatic rings. The number of anilines is 1. The van der Waals surface area contributed by atoms with Gasteiger partial charge in [0.25, 0.3) is 5.91 Å². The first-order valence-electron chi connectivity index (χ1n) is 9.03. The minimum atomic E-state index is -0.209. The van der Waals surface area contributed by atoms with Crippen molar-refractivity contribution >= 4 is 28.7 Å². The summed E-state index contributed by atoms with van der Waals surface area (Å²) < 4.78 is 5.10. The number of hydrogen-bond donors (Lipinski definition) is 1. The van der Waals surface area contributed by atoms with Gasteiger partial charge in [0.15, 0.2) is 5.78 Å². The van der Waals surface area contributed by atoms with E-state index in [2.05, 4.69) is 20.7 Å². The highest BCUT2D eigenvalue weighted by Crippen LogP contribution is 2.25. The van der Waals surface area contributed by atoms with Crippen LogP contribution in [0.5, 0.6) is 5.75 Å². The molecule has 30 heavy (non-hydrogen) atoms. The fraction of sp³-hybridized carbons (Fsp3) is 0.0952. The number of aromatic nitrogens is 4. The third kappa shape index (κ3) is 4.26. The maximum atomic E-state index is 12.5. The molecule has 0 saturated heterocycles. The summed E-state index contributed by atoms with van der Waals surface area (Å²) in [6, 6.07) is 17.6. The molecule has 2 aromatic heterocycles. The van der Waals surface area contributed by atoms with Gasteiger partial charge in [-0.3, -0.25) is 9.59 Å². The molecule has 150 valence electrons. The standard InChI is InChI=1S/C21H17N5O3S/c1-29-15-10-8-14(9-11-15)18(27)13-26-24-20(23-25-26)16-5-2-3-6-17(16)22-21(28)19-7-4-12-30-19/h2-12H,13H2,1H3,(H,22,28). The molecular formula is C21H17N5O3S. The molecule has 0 spiro atoms. The first kappa shape index (κ1) is 19.5. The largest absolute Gasteiger partial charge is 0.497 e. The summed E-state index contributed by atoms with van der Waals surface area (Å²) in [5.74, 6) is 0.633. The van der Waals surface area contributed by atoms with Gasteiger partial charge >= 0.3 is 0 Å². The van der Waals surface area contributed by atoms with Crippen LogP contribution in [0.2, 0.25) is 0 Å². The molecule has 2 aromatic carbocycles. The molecular weight excluding hydrogens is 402 g/mol. The summed E-state index contributed by atoms with van der Waals surface area (Å²) in [6.45, 7) is -0.0525. The first-order valence-corrected chi connectivity index (χ1v) is 9.91. The van der Waals surface area contributed by atoms with Crippen LogP contribution in [-0.4, -0.2) is 39.0 Å². The second kappa shape index (κ2) is 8.66. The summed E-state index contributed by atoms with van der Waals surface area (Å²) in [5, 5.41) is 17.1. The molecule has 1 amide bonds. The Morgan fingerprint density at radius 3 is 2.60 bits per heavy atom. The molecule has 0 aliphatic heterocycles. The summed E-state index contributed by atoms with van der Waals surface area (Å²) in [4.78, 5) is 26.7. The summed E-state index contributed by atoms with van der Waals surface area (Å²) in [7, 11) is 1.57. The van der Waals surface area contributed by atoms with Crippen molar-refractivity contribution in [2.45, 2.75) is 6.54 Å². The predicted molar refractivity (Wildman–Crippen MR) is 113 cm³/mol. The van der Waals surface area contributed by atoms with Gasteiger partial charge in [0, 0.05) is 11.1 Å². The number of para-hydroxylation sites is 1. The molecule has 0 atom stereocenters. The van der Waals surface area contributed by atoms with E-state index in [4.69, 9.17) is 4.74 Å². The minimum Gasteiger partial charge on any atom is -0.497 e. The Morgan fingerprint density at radius 1 is 1.07 bits per heavy atom. The highest BCUT2D eigenvalue weighted by Gasteiger charge is 2.16. The summed E-state index contributed by atoms with van der Waals surface area (Å²) >= 11 is 1.36. The smallest absolute Gasteiger partial charge is 0.265 e. The SMILES string of the molecule is COc1ccc(C(=O)Cn2nnc(-c3ccccc3NC(=O)c3cccs3)n2)cc1. The lowest BCUT2D eigenvalue weighted by atomic mass is 10.1. The van der Waals surface area contributed by atoms with Crippen LogP contribution in [0, 0.1) is 0 Å². The Labute approximate surface area is 176 Å². The van der Waals surface area contributed by atoms with Gasteiger partial charge in [-0.1, -0.05) is 18.2 Å². The van der Waals surface area contributed by atoms with Crippen LogP contribution in [0.15, 0.2) is 66.0 Å². The molecule has 1 N–H and O–H groups in total. The van der Waals surface area contributed by atoms with Gasteiger partial charge in [-0.05, 0) is 53.1 Å². The number of nitrogens with zero attached hydrogens (tertiary/aromatic N) is 4. The average molecular weight is 419 g/mol. The fourth-order valence-electron chi connectivity index (χ4n) is 2.79. The van der Waals surface area contributed by atoms with Gasteiger partial charge in [-0.15, -0.1) is 21.5 Å². The number of amides is 1. The average Bonchev–Trinajstić information content (AvgIpc) is 3.47. The molecule has 2 heterocycles. The van der Waals surface area contributed by atoms with Crippen molar-refractivity contribution in [2.24, 2.45) is 0 Å². The van der Waals surface area contributed by atoms with Gasteiger partial charge in [0.1, 0.15) is 12.3 Å². The van der Waals surface area contributed by atoms with Gasteiger partial charge in [0.05, 0.1) is 17.7 Å². The van der Waals surface area contributed by atoms with E-state index in [1.807, 2.05) is 23.6 Å². The monoisotopic (exact) mass is 419 g/mol. The molecule has 8 nitrogen and oxygen atoms in total. The Balaban J connectivity index is 1.51. The zero-order chi connectivity index (χ0) is 20.9. The molecule has 9 heteroatoms. The maximum Gasteiger partial charge on any atom is 0.265 e. The molecule has 0 fully saturated rings. The quantitative estimate of drug-likeness (QED) is 0.460. The van der Waals surface area contributed by atoms with Crippen molar-refractivity contribution in [3.05, 3.63) is 76.5 Å². The number of nitrogens with one attached hydrogen (secondary N) is 1. The number of methoxy groups -OCH3 is 1. The lowest BCUT2D eigenvalue weighted by Gasteiger charge is -2.07. The molecule has 0 bridgehead atoms. The third-order valence-electron chi connectivity index (χ3n) is 4.31. The van der Waals surface area contributed by atoms with E-state index in [0.29, 0.717) is 33.3 Å². The highest BCUT2D eigenvalue weighted by molar-refractivity contribution is 7.12. The van der Waals surface area contributed by atoms with E-state index in [1.54, 1.807) is 49.6 Å². The molecule has 0 aliphatic carbocycles. The molecule has 0 radical (unpaired) electrons. The van der Waals surface area contributed by atoms with Crippen LogP contribution >= 0.6 is 11.3 Å². The zero-order valence-corrected chi connectivity index (χ0v) is 16.8. The van der Waals surface area contributed by atoms with Crippen molar-refractivity contribution < 1.29 is 14.3 Å². The number of ketones is 1. The van der Waals surface area contributed by atoms with E-state index in [0.717, 1.165) is 0 Å². The number of hydrogen-bond acceptors (Lipinski definition) is 7. The summed E-state index contributed by atoms with van der Waals surface area (Å²) in [5.41, 5.74) is 1.71. The second-order valence-corrected chi connectivity index (χ2v) is 7.22. The lowest BCUT2D eigenvalue weighted by Crippen LogP contribution is -2.13. The van der Waals surface area contributed by atoms with E-state index in [9.17, 15) is 9.59 Å². The third-order valence-corrected chi connectivity index (χ3v) is 5.18. The Morgan fingerprint density at radius 2 is 1.87 bits per heavy atom. The van der Waals surface area contributed by atoms with Crippen molar-refractivity contribution in [1.29, 1.82) is 0 Å². The topological polar surface area (TPSA) is 99.0 Å². The van der Waals surface area contributed by atoms with Gasteiger partial charge in [-0.25, -0.2) is 0 Å². The van der Waals surface area contributed by atoms with Crippen LogP contribution in [-0.2, 0) is 6.54 Å². The number of carbonyl (C=O) groups excluding carboxylic acids is 2. The number of rotatable bonds is 7. The lowest BCUT2D eigenvalue weighted by molar-refractivity contribution is 0.0960. The minimum absolute atomic E-state index is 0.0525. The van der Waals surface area contributed by atoms with E-state index in [-0.39, 0.29) is 18.2 Å². The zero-order valence-electron chi connectivity index (χ0n) is 16.0. The number of thiophene rings is 1. The van der Waals surface area contributed by atoms with E-state index in [1.165, 1.54) is 16.1 Å². The molecule has 4 rings (SSSR count). The molecule has 0 saturated carbocycles. The predicted octanol–water partition coefficient (Wildman–Crippen LogP) is 3.55. The number of tetrazole rings is 1. The Hall–Kier alpha value is -3.85. The Kier molecular flexibility index (Phi) is 5.62. The number of benzene rings is 2. The van der Waals surface area contributed by atoms with Crippen molar-refractivity contribution in [3.63, 3.8) is 0 Å². The molecule has 0 unspecified atom stereocenters. The van der Waals surface area contributed by atoms with Gasteiger partial charge < -0.3 is 10.1 Å². The summed E-state index contributed by atoms with van der Waals surface area (Å²) in [6.07, 6.45) is 0. The second-order valence-electron chi connectivity index (χ2n) is 6.27. The van der Waals surface area contributed by atoms with Crippen LogP contribution in [0.1, 0.15) is 20.0 Å². The van der Waals surface area contributed by atoms with Gasteiger partial charge in [-0.2, -0.15) is 4.80 Å². The van der Waals surface area contributed by atoms with Crippen LogP contribution < -0.4 is 10.1 Å². The number of ether oxygens (including phenoxy) is 1. The van der Waals surface area contributed by atoms with Crippen molar-refractivity contribution in [2.75, 3.05) is 12.4 Å². The van der Waals surface area contributed by atoms with Crippen LogP contribution in [0.25, 0.3) is 11.4 Å². The maximum absolute atomic E-state index is 12.5. The highest BCUT2D eigenvalue weighted by atomic mass is 32.1. The van der Waals surface area contributed by atoms with Crippen LogP contribution in [0.4, 0.5) is 5.69 Å². The molecule has 4 aromatic rings. The normalized spacial score (nSPS) is 10.6. The van der Waals surface area contributed by atoms with E-state index >= 15 is 0 Å².